The SMILES string of the molecule is CCCn1c(C2CCCC2)nc2cc(C(=O)O)cnc21. The number of hydrogen-bond acceptors (Lipinski definition) is 3. The van der Waals surface area contributed by atoms with E-state index in [1.54, 1.807) is 6.07 Å². The van der Waals surface area contributed by atoms with Crippen molar-refractivity contribution in [1.82, 2.24) is 14.5 Å². The first-order valence-electron chi connectivity index (χ1n) is 7.30. The molecule has 0 bridgehead atoms. The molecule has 2 aromatic rings. The van der Waals surface area contributed by atoms with Crippen LogP contribution in [-0.2, 0) is 6.54 Å². The third-order valence-corrected chi connectivity index (χ3v) is 4.03. The van der Waals surface area contributed by atoms with Gasteiger partial charge in [-0.05, 0) is 25.3 Å². The van der Waals surface area contributed by atoms with Crippen LogP contribution in [0.3, 0.4) is 0 Å². The van der Waals surface area contributed by atoms with Gasteiger partial charge in [0.05, 0.1) is 5.56 Å². The number of rotatable bonds is 4. The number of nitrogens with zero attached hydrogens (tertiary/aromatic N) is 3. The predicted octanol–water partition coefficient (Wildman–Crippen LogP) is 3.20. The first-order valence-corrected chi connectivity index (χ1v) is 7.30. The van der Waals surface area contributed by atoms with Gasteiger partial charge in [0.15, 0.2) is 5.65 Å². The van der Waals surface area contributed by atoms with Crippen molar-refractivity contribution in [2.24, 2.45) is 0 Å². The van der Waals surface area contributed by atoms with Crippen molar-refractivity contribution < 1.29 is 9.90 Å². The molecule has 0 atom stereocenters. The summed E-state index contributed by atoms with van der Waals surface area (Å²) in [4.78, 5) is 20.1. The third kappa shape index (κ3) is 2.17. The number of carbonyl (C=O) groups is 1. The maximum Gasteiger partial charge on any atom is 0.337 e. The van der Waals surface area contributed by atoms with Crippen LogP contribution in [0.15, 0.2) is 12.3 Å². The molecule has 0 unspecified atom stereocenters. The fourth-order valence-corrected chi connectivity index (χ4v) is 3.09. The van der Waals surface area contributed by atoms with Crippen LogP contribution in [0.25, 0.3) is 11.2 Å². The molecule has 2 heterocycles. The highest BCUT2D eigenvalue weighted by Gasteiger charge is 2.24. The first kappa shape index (κ1) is 13.1. The Labute approximate surface area is 117 Å². The van der Waals surface area contributed by atoms with Gasteiger partial charge in [0.2, 0.25) is 0 Å². The minimum Gasteiger partial charge on any atom is -0.478 e. The molecule has 0 saturated heterocycles. The molecular formula is C15H19N3O2. The van der Waals surface area contributed by atoms with Crippen molar-refractivity contribution in [2.45, 2.75) is 51.5 Å². The van der Waals surface area contributed by atoms with Crippen LogP contribution in [-0.4, -0.2) is 25.6 Å². The van der Waals surface area contributed by atoms with Crippen molar-refractivity contribution in [1.29, 1.82) is 0 Å². The van der Waals surface area contributed by atoms with Crippen LogP contribution in [0.2, 0.25) is 0 Å². The van der Waals surface area contributed by atoms with E-state index in [1.165, 1.54) is 31.9 Å². The summed E-state index contributed by atoms with van der Waals surface area (Å²) in [6, 6.07) is 1.63. The number of aryl methyl sites for hydroxylation is 1. The van der Waals surface area contributed by atoms with Gasteiger partial charge >= 0.3 is 5.97 Å². The lowest BCUT2D eigenvalue weighted by atomic mass is 10.1. The molecule has 0 aromatic carbocycles. The molecule has 5 heteroatoms. The molecule has 1 aliphatic rings. The van der Waals surface area contributed by atoms with Crippen LogP contribution in [0.1, 0.15) is 61.1 Å². The van der Waals surface area contributed by atoms with E-state index in [-0.39, 0.29) is 5.56 Å². The highest BCUT2D eigenvalue weighted by atomic mass is 16.4. The van der Waals surface area contributed by atoms with Gasteiger partial charge in [-0.2, -0.15) is 0 Å². The summed E-state index contributed by atoms with van der Waals surface area (Å²) >= 11 is 0. The van der Waals surface area contributed by atoms with Gasteiger partial charge in [0.25, 0.3) is 0 Å². The van der Waals surface area contributed by atoms with Gasteiger partial charge in [0.1, 0.15) is 11.3 Å². The zero-order valence-corrected chi connectivity index (χ0v) is 11.7. The Morgan fingerprint density at radius 2 is 2.20 bits per heavy atom. The fraction of sp³-hybridized carbons (Fsp3) is 0.533. The maximum atomic E-state index is 11.0. The van der Waals surface area contributed by atoms with E-state index in [0.717, 1.165) is 24.4 Å². The van der Waals surface area contributed by atoms with E-state index in [9.17, 15) is 4.79 Å². The molecule has 20 heavy (non-hydrogen) atoms. The minimum atomic E-state index is -0.952. The number of fused-ring (bicyclic) bond motifs is 1. The molecule has 2 aromatic heterocycles. The molecule has 5 nitrogen and oxygen atoms in total. The maximum absolute atomic E-state index is 11.0. The van der Waals surface area contributed by atoms with Gasteiger partial charge in [-0.25, -0.2) is 14.8 Å². The summed E-state index contributed by atoms with van der Waals surface area (Å²) in [5.41, 5.74) is 1.73. The Morgan fingerprint density at radius 1 is 1.45 bits per heavy atom. The highest BCUT2D eigenvalue weighted by Crippen LogP contribution is 2.35. The van der Waals surface area contributed by atoms with Crippen LogP contribution in [0.4, 0.5) is 0 Å². The molecular weight excluding hydrogens is 254 g/mol. The van der Waals surface area contributed by atoms with Crippen molar-refractivity contribution in [3.8, 4) is 0 Å². The van der Waals surface area contributed by atoms with E-state index in [4.69, 9.17) is 10.1 Å². The van der Waals surface area contributed by atoms with Crippen LogP contribution in [0.5, 0.6) is 0 Å². The number of carboxylic acids is 1. The van der Waals surface area contributed by atoms with Gasteiger partial charge < -0.3 is 9.67 Å². The molecule has 1 fully saturated rings. The molecule has 106 valence electrons. The van der Waals surface area contributed by atoms with Gasteiger partial charge in [0, 0.05) is 18.7 Å². The zero-order chi connectivity index (χ0) is 14.1. The van der Waals surface area contributed by atoms with Crippen LogP contribution in [0, 0.1) is 0 Å². The Balaban J connectivity index is 2.12. The normalized spacial score (nSPS) is 16.1. The molecule has 1 N–H and O–H groups in total. The van der Waals surface area contributed by atoms with Crippen molar-refractivity contribution in [2.75, 3.05) is 0 Å². The second-order valence-electron chi connectivity index (χ2n) is 5.47. The fourth-order valence-electron chi connectivity index (χ4n) is 3.09. The number of pyridine rings is 1. The monoisotopic (exact) mass is 273 g/mol. The zero-order valence-electron chi connectivity index (χ0n) is 11.7. The van der Waals surface area contributed by atoms with E-state index in [0.29, 0.717) is 11.4 Å². The quantitative estimate of drug-likeness (QED) is 0.928. The number of aromatic nitrogens is 3. The lowest BCUT2D eigenvalue weighted by Gasteiger charge is -2.11. The standard InChI is InChI=1S/C15H19N3O2/c1-2-7-18-13(10-5-3-4-6-10)17-12-8-11(15(19)20)9-16-14(12)18/h8-10H,2-7H2,1H3,(H,19,20). The minimum absolute atomic E-state index is 0.205. The summed E-state index contributed by atoms with van der Waals surface area (Å²) in [5, 5.41) is 9.06. The second kappa shape index (κ2) is 5.23. The number of carboxylic acid groups (broad SMARTS) is 1. The molecule has 0 spiro atoms. The summed E-state index contributed by atoms with van der Waals surface area (Å²) in [6.45, 7) is 3.03. The molecule has 0 aliphatic heterocycles. The first-order chi connectivity index (χ1) is 9.70. The molecule has 3 rings (SSSR count). The van der Waals surface area contributed by atoms with Gasteiger partial charge in [-0.3, -0.25) is 0 Å². The molecule has 0 amide bonds. The summed E-state index contributed by atoms with van der Waals surface area (Å²) in [5.74, 6) is 0.644. The molecule has 0 radical (unpaired) electrons. The van der Waals surface area contributed by atoms with Crippen molar-refractivity contribution >= 4 is 17.1 Å². The Bertz CT molecular complexity index is 642. The van der Waals surface area contributed by atoms with Gasteiger partial charge in [-0.1, -0.05) is 19.8 Å². The second-order valence-corrected chi connectivity index (χ2v) is 5.47. The van der Waals surface area contributed by atoms with Crippen molar-refractivity contribution in [3.63, 3.8) is 0 Å². The van der Waals surface area contributed by atoms with Gasteiger partial charge in [-0.15, -0.1) is 0 Å². The average Bonchev–Trinajstić information content (AvgIpc) is 3.06. The largest absolute Gasteiger partial charge is 0.478 e. The van der Waals surface area contributed by atoms with Crippen LogP contribution >= 0.6 is 0 Å². The topological polar surface area (TPSA) is 68.0 Å². The number of imidazole rings is 1. The average molecular weight is 273 g/mol. The van der Waals surface area contributed by atoms with Crippen LogP contribution < -0.4 is 0 Å². The third-order valence-electron chi connectivity index (χ3n) is 4.03. The number of aromatic carboxylic acids is 1. The van der Waals surface area contributed by atoms with E-state index < -0.39 is 5.97 Å². The number of hydrogen-bond donors (Lipinski definition) is 1. The van der Waals surface area contributed by atoms with E-state index >= 15 is 0 Å². The lowest BCUT2D eigenvalue weighted by Crippen LogP contribution is -2.07. The van der Waals surface area contributed by atoms with Crippen molar-refractivity contribution in [3.05, 3.63) is 23.7 Å². The summed E-state index contributed by atoms with van der Waals surface area (Å²) in [7, 11) is 0. The summed E-state index contributed by atoms with van der Waals surface area (Å²) in [6.07, 6.45) is 7.32. The molecule has 1 saturated carbocycles. The Kier molecular flexibility index (Phi) is 3.42. The predicted molar refractivity (Wildman–Crippen MR) is 76.0 cm³/mol. The Hall–Kier alpha value is -1.91. The van der Waals surface area contributed by atoms with E-state index in [1.807, 2.05) is 0 Å². The highest BCUT2D eigenvalue weighted by molar-refractivity contribution is 5.90. The Morgan fingerprint density at radius 3 is 2.85 bits per heavy atom. The summed E-state index contributed by atoms with van der Waals surface area (Å²) < 4.78 is 2.18. The molecule has 1 aliphatic carbocycles. The van der Waals surface area contributed by atoms with E-state index in [2.05, 4.69) is 16.5 Å². The lowest BCUT2D eigenvalue weighted by molar-refractivity contribution is 0.0696. The smallest absolute Gasteiger partial charge is 0.337 e.